The standard InChI is InChI=1S/C13H15ClN2O2/c14-11-6-2-1-5-10(11)13(18)16-7-3-4-9(8-16)12(15)17/h1-2,5-6,9H,3-4,7-8H2,(H2,15,17). The zero-order chi connectivity index (χ0) is 13.1. The molecule has 1 aliphatic rings. The molecule has 96 valence electrons. The van der Waals surface area contributed by atoms with Crippen LogP contribution >= 0.6 is 11.6 Å². The maximum atomic E-state index is 12.3. The molecule has 0 spiro atoms. The lowest BCUT2D eigenvalue weighted by molar-refractivity contribution is -0.123. The van der Waals surface area contributed by atoms with Gasteiger partial charge in [-0.2, -0.15) is 0 Å². The summed E-state index contributed by atoms with van der Waals surface area (Å²) >= 11 is 6.00. The first-order chi connectivity index (χ1) is 8.59. The summed E-state index contributed by atoms with van der Waals surface area (Å²) in [5.74, 6) is -0.719. The van der Waals surface area contributed by atoms with E-state index in [0.717, 1.165) is 12.8 Å². The number of hydrogen-bond acceptors (Lipinski definition) is 2. The van der Waals surface area contributed by atoms with E-state index in [-0.39, 0.29) is 17.7 Å². The van der Waals surface area contributed by atoms with Gasteiger partial charge in [0, 0.05) is 13.1 Å². The third kappa shape index (κ3) is 2.64. The van der Waals surface area contributed by atoms with Crippen molar-refractivity contribution in [2.24, 2.45) is 11.7 Å². The first kappa shape index (κ1) is 12.9. The highest BCUT2D eigenvalue weighted by molar-refractivity contribution is 6.33. The fraction of sp³-hybridized carbons (Fsp3) is 0.385. The van der Waals surface area contributed by atoms with Gasteiger partial charge in [0.05, 0.1) is 16.5 Å². The molecule has 2 amide bonds. The molecule has 0 aromatic heterocycles. The monoisotopic (exact) mass is 266 g/mol. The molecule has 1 saturated heterocycles. The Morgan fingerprint density at radius 3 is 2.72 bits per heavy atom. The van der Waals surface area contributed by atoms with Gasteiger partial charge in [-0.05, 0) is 25.0 Å². The van der Waals surface area contributed by atoms with E-state index in [1.807, 2.05) is 0 Å². The number of piperidine rings is 1. The van der Waals surface area contributed by atoms with Crippen LogP contribution in [0, 0.1) is 5.92 Å². The van der Waals surface area contributed by atoms with E-state index < -0.39 is 0 Å². The summed E-state index contributed by atoms with van der Waals surface area (Å²) in [6.07, 6.45) is 1.55. The van der Waals surface area contributed by atoms with Crippen LogP contribution in [-0.2, 0) is 4.79 Å². The predicted octanol–water partition coefficient (Wildman–Crippen LogP) is 1.68. The SMILES string of the molecule is NC(=O)C1CCCN(C(=O)c2ccccc2Cl)C1. The molecule has 0 saturated carbocycles. The molecule has 1 aromatic carbocycles. The van der Waals surface area contributed by atoms with Gasteiger partial charge in [0.15, 0.2) is 0 Å². The van der Waals surface area contributed by atoms with E-state index in [9.17, 15) is 9.59 Å². The second kappa shape index (κ2) is 5.40. The normalized spacial score (nSPS) is 19.6. The minimum absolute atomic E-state index is 0.133. The molecule has 1 heterocycles. The van der Waals surface area contributed by atoms with Gasteiger partial charge in [-0.15, -0.1) is 0 Å². The van der Waals surface area contributed by atoms with E-state index in [1.54, 1.807) is 29.2 Å². The molecule has 1 unspecified atom stereocenters. The Morgan fingerprint density at radius 1 is 1.33 bits per heavy atom. The lowest BCUT2D eigenvalue weighted by atomic mass is 9.97. The van der Waals surface area contributed by atoms with Crippen LogP contribution in [0.25, 0.3) is 0 Å². The van der Waals surface area contributed by atoms with Gasteiger partial charge in [0.25, 0.3) is 5.91 Å². The second-order valence-corrected chi connectivity index (χ2v) is 4.88. The zero-order valence-corrected chi connectivity index (χ0v) is 10.7. The molecule has 2 N–H and O–H groups in total. The topological polar surface area (TPSA) is 63.4 Å². The van der Waals surface area contributed by atoms with Crippen molar-refractivity contribution in [2.75, 3.05) is 13.1 Å². The van der Waals surface area contributed by atoms with Crippen LogP contribution in [0.4, 0.5) is 0 Å². The Labute approximate surface area is 111 Å². The smallest absolute Gasteiger partial charge is 0.255 e. The summed E-state index contributed by atoms with van der Waals surface area (Å²) in [5.41, 5.74) is 5.77. The van der Waals surface area contributed by atoms with Crippen LogP contribution in [0.5, 0.6) is 0 Å². The van der Waals surface area contributed by atoms with Gasteiger partial charge < -0.3 is 10.6 Å². The number of amides is 2. The van der Waals surface area contributed by atoms with Gasteiger partial charge in [-0.3, -0.25) is 9.59 Å². The zero-order valence-electron chi connectivity index (χ0n) is 9.93. The van der Waals surface area contributed by atoms with Crippen LogP contribution in [0.1, 0.15) is 23.2 Å². The average Bonchev–Trinajstić information content (AvgIpc) is 2.38. The van der Waals surface area contributed by atoms with Crippen LogP contribution in [-0.4, -0.2) is 29.8 Å². The highest BCUT2D eigenvalue weighted by Gasteiger charge is 2.28. The maximum absolute atomic E-state index is 12.3. The van der Waals surface area contributed by atoms with Crippen LogP contribution < -0.4 is 5.73 Å². The maximum Gasteiger partial charge on any atom is 0.255 e. The number of hydrogen-bond donors (Lipinski definition) is 1. The van der Waals surface area contributed by atoms with Gasteiger partial charge in [0.2, 0.25) is 5.91 Å². The number of nitrogens with zero attached hydrogens (tertiary/aromatic N) is 1. The summed E-state index contributed by atoms with van der Waals surface area (Å²) < 4.78 is 0. The number of carbonyl (C=O) groups excluding carboxylic acids is 2. The van der Waals surface area contributed by atoms with Crippen molar-refractivity contribution in [2.45, 2.75) is 12.8 Å². The minimum atomic E-state index is -0.341. The third-order valence-electron chi connectivity index (χ3n) is 3.22. The number of halogens is 1. The molecule has 1 atom stereocenters. The Morgan fingerprint density at radius 2 is 2.06 bits per heavy atom. The van der Waals surface area contributed by atoms with Gasteiger partial charge >= 0.3 is 0 Å². The Hall–Kier alpha value is -1.55. The van der Waals surface area contributed by atoms with Crippen molar-refractivity contribution in [1.82, 2.24) is 4.90 Å². The first-order valence-electron chi connectivity index (χ1n) is 5.92. The number of nitrogens with two attached hydrogens (primary N) is 1. The quantitative estimate of drug-likeness (QED) is 0.885. The molecule has 18 heavy (non-hydrogen) atoms. The van der Waals surface area contributed by atoms with Gasteiger partial charge in [-0.25, -0.2) is 0 Å². The predicted molar refractivity (Wildman–Crippen MR) is 69.3 cm³/mol. The number of carbonyl (C=O) groups is 2. The Balaban J connectivity index is 2.14. The van der Waals surface area contributed by atoms with Crippen LogP contribution in [0.2, 0.25) is 5.02 Å². The molecule has 4 nitrogen and oxygen atoms in total. The number of rotatable bonds is 2. The minimum Gasteiger partial charge on any atom is -0.369 e. The molecule has 1 aliphatic heterocycles. The van der Waals surface area contributed by atoms with Crippen molar-refractivity contribution < 1.29 is 9.59 Å². The van der Waals surface area contributed by atoms with Crippen molar-refractivity contribution in [3.8, 4) is 0 Å². The van der Waals surface area contributed by atoms with E-state index in [0.29, 0.717) is 23.7 Å². The highest BCUT2D eigenvalue weighted by atomic mass is 35.5. The fourth-order valence-electron chi connectivity index (χ4n) is 2.20. The summed E-state index contributed by atoms with van der Waals surface area (Å²) in [6.45, 7) is 1.03. The average molecular weight is 267 g/mol. The Kier molecular flexibility index (Phi) is 3.87. The van der Waals surface area contributed by atoms with Crippen LogP contribution in [0.15, 0.2) is 24.3 Å². The second-order valence-electron chi connectivity index (χ2n) is 4.47. The Bertz CT molecular complexity index is 476. The molecule has 0 bridgehead atoms. The highest BCUT2D eigenvalue weighted by Crippen LogP contribution is 2.21. The first-order valence-corrected chi connectivity index (χ1v) is 6.30. The summed E-state index contributed by atoms with van der Waals surface area (Å²) in [7, 11) is 0. The lowest BCUT2D eigenvalue weighted by Gasteiger charge is -2.31. The van der Waals surface area contributed by atoms with E-state index in [2.05, 4.69) is 0 Å². The summed E-state index contributed by atoms with van der Waals surface area (Å²) in [4.78, 5) is 25.1. The van der Waals surface area contributed by atoms with E-state index >= 15 is 0 Å². The largest absolute Gasteiger partial charge is 0.369 e. The van der Waals surface area contributed by atoms with Crippen molar-refractivity contribution in [3.05, 3.63) is 34.9 Å². The molecule has 1 aromatic rings. The van der Waals surface area contributed by atoms with E-state index in [1.165, 1.54) is 0 Å². The van der Waals surface area contributed by atoms with E-state index in [4.69, 9.17) is 17.3 Å². The fourth-order valence-corrected chi connectivity index (χ4v) is 2.42. The molecule has 0 radical (unpaired) electrons. The molecule has 0 aliphatic carbocycles. The van der Waals surface area contributed by atoms with Crippen molar-refractivity contribution >= 4 is 23.4 Å². The third-order valence-corrected chi connectivity index (χ3v) is 3.54. The lowest BCUT2D eigenvalue weighted by Crippen LogP contribution is -2.44. The number of likely N-dealkylation sites (tertiary alicyclic amines) is 1. The molecular formula is C13H15ClN2O2. The van der Waals surface area contributed by atoms with Crippen molar-refractivity contribution in [3.63, 3.8) is 0 Å². The van der Waals surface area contributed by atoms with Crippen molar-refractivity contribution in [1.29, 1.82) is 0 Å². The van der Waals surface area contributed by atoms with Crippen LogP contribution in [0.3, 0.4) is 0 Å². The summed E-state index contributed by atoms with van der Waals surface area (Å²) in [5, 5.41) is 0.434. The molecular weight excluding hydrogens is 252 g/mol. The number of primary amides is 1. The van der Waals surface area contributed by atoms with Gasteiger partial charge in [0.1, 0.15) is 0 Å². The van der Waals surface area contributed by atoms with Gasteiger partial charge in [-0.1, -0.05) is 23.7 Å². The number of benzene rings is 1. The molecule has 2 rings (SSSR count). The summed E-state index contributed by atoms with van der Waals surface area (Å²) in [6, 6.07) is 6.93. The molecule has 5 heteroatoms. The molecule has 1 fully saturated rings.